The van der Waals surface area contributed by atoms with Crippen molar-refractivity contribution in [2.45, 2.75) is 46.5 Å². The van der Waals surface area contributed by atoms with Crippen LogP contribution in [0.25, 0.3) is 0 Å². The van der Waals surface area contributed by atoms with Crippen LogP contribution in [0.1, 0.15) is 46.5 Å². The molecular formula is C11H25NO. The summed E-state index contributed by atoms with van der Waals surface area (Å²) >= 11 is 0. The normalized spacial score (nSPS) is 12.0. The summed E-state index contributed by atoms with van der Waals surface area (Å²) in [5.41, 5.74) is 0.379. The molecule has 0 saturated heterocycles. The molecular weight excluding hydrogens is 162 g/mol. The van der Waals surface area contributed by atoms with Gasteiger partial charge in [0.15, 0.2) is 0 Å². The third-order valence-corrected chi connectivity index (χ3v) is 2.35. The van der Waals surface area contributed by atoms with Crippen LogP contribution in [0.15, 0.2) is 0 Å². The highest BCUT2D eigenvalue weighted by molar-refractivity contribution is 4.71. The minimum Gasteiger partial charge on any atom is -0.395 e. The second-order valence-electron chi connectivity index (χ2n) is 4.52. The number of aliphatic hydroxyl groups excluding tert-OH is 1. The van der Waals surface area contributed by atoms with E-state index < -0.39 is 0 Å². The molecule has 0 amide bonds. The predicted octanol–water partition coefficient (Wildman–Crippen LogP) is 2.17. The van der Waals surface area contributed by atoms with E-state index in [1.54, 1.807) is 0 Å². The van der Waals surface area contributed by atoms with Crippen LogP contribution in [-0.4, -0.2) is 24.8 Å². The fourth-order valence-corrected chi connectivity index (χ4v) is 1.45. The lowest BCUT2D eigenvalue weighted by Crippen LogP contribution is -2.31. The Morgan fingerprint density at radius 3 is 2.46 bits per heavy atom. The quantitative estimate of drug-likeness (QED) is 0.571. The number of aliphatic hydroxyl groups is 1. The molecule has 0 unspecified atom stereocenters. The molecule has 0 aliphatic rings. The van der Waals surface area contributed by atoms with Crippen molar-refractivity contribution in [1.82, 2.24) is 5.32 Å². The molecule has 0 fully saturated rings. The van der Waals surface area contributed by atoms with Gasteiger partial charge in [-0.1, -0.05) is 40.0 Å². The average Bonchev–Trinajstić information content (AvgIpc) is 2.05. The van der Waals surface area contributed by atoms with E-state index >= 15 is 0 Å². The van der Waals surface area contributed by atoms with Crippen molar-refractivity contribution in [1.29, 1.82) is 0 Å². The Bertz CT molecular complexity index is 101. The first-order valence-corrected chi connectivity index (χ1v) is 5.44. The molecule has 0 heterocycles. The molecule has 0 aliphatic carbocycles. The Kier molecular flexibility index (Phi) is 7.29. The van der Waals surface area contributed by atoms with E-state index in [1.165, 1.54) is 25.7 Å². The summed E-state index contributed by atoms with van der Waals surface area (Å²) in [4.78, 5) is 0. The maximum absolute atomic E-state index is 8.61. The predicted molar refractivity (Wildman–Crippen MR) is 57.9 cm³/mol. The Hall–Kier alpha value is -0.0800. The van der Waals surface area contributed by atoms with Gasteiger partial charge in [-0.3, -0.25) is 0 Å². The molecule has 0 rings (SSSR count). The summed E-state index contributed by atoms with van der Waals surface area (Å²) in [6.07, 6.45) is 5.23. The van der Waals surface area contributed by atoms with Gasteiger partial charge in [0.05, 0.1) is 6.61 Å². The summed E-state index contributed by atoms with van der Waals surface area (Å²) in [6.45, 7) is 8.77. The van der Waals surface area contributed by atoms with E-state index in [-0.39, 0.29) is 6.61 Å². The largest absolute Gasteiger partial charge is 0.395 e. The number of hydrogen-bond acceptors (Lipinski definition) is 2. The third kappa shape index (κ3) is 8.26. The zero-order valence-electron chi connectivity index (χ0n) is 9.40. The van der Waals surface area contributed by atoms with Crippen LogP contribution < -0.4 is 5.32 Å². The van der Waals surface area contributed by atoms with Gasteiger partial charge in [-0.2, -0.15) is 0 Å². The van der Waals surface area contributed by atoms with Crippen LogP contribution >= 0.6 is 0 Å². The summed E-state index contributed by atoms with van der Waals surface area (Å²) < 4.78 is 0. The van der Waals surface area contributed by atoms with Gasteiger partial charge in [0.2, 0.25) is 0 Å². The van der Waals surface area contributed by atoms with Crippen molar-refractivity contribution < 1.29 is 5.11 Å². The highest BCUT2D eigenvalue weighted by Gasteiger charge is 2.15. The van der Waals surface area contributed by atoms with Crippen LogP contribution in [0.3, 0.4) is 0 Å². The van der Waals surface area contributed by atoms with Gasteiger partial charge < -0.3 is 10.4 Å². The van der Waals surface area contributed by atoms with E-state index in [0.717, 1.165) is 13.1 Å². The highest BCUT2D eigenvalue weighted by Crippen LogP contribution is 2.22. The van der Waals surface area contributed by atoms with Gasteiger partial charge in [0.1, 0.15) is 0 Å². The lowest BCUT2D eigenvalue weighted by Gasteiger charge is -2.24. The van der Waals surface area contributed by atoms with Crippen LogP contribution in [0.2, 0.25) is 0 Å². The van der Waals surface area contributed by atoms with Gasteiger partial charge in [-0.25, -0.2) is 0 Å². The minimum atomic E-state index is 0.241. The molecule has 0 atom stereocenters. The van der Waals surface area contributed by atoms with Gasteiger partial charge in [-0.05, 0) is 11.8 Å². The molecule has 0 spiro atoms. The standard InChI is InChI=1S/C11H25NO/c1-4-5-6-7-11(2,3)10-12-8-9-13/h12-13H,4-10H2,1-3H3. The first kappa shape index (κ1) is 12.9. The first-order chi connectivity index (χ1) is 6.12. The van der Waals surface area contributed by atoms with Gasteiger partial charge in [0.25, 0.3) is 0 Å². The van der Waals surface area contributed by atoms with Crippen LogP contribution in [-0.2, 0) is 0 Å². The molecule has 13 heavy (non-hydrogen) atoms. The minimum absolute atomic E-state index is 0.241. The number of rotatable bonds is 8. The molecule has 0 saturated carbocycles. The molecule has 0 aromatic heterocycles. The van der Waals surface area contributed by atoms with Crippen LogP contribution in [0.4, 0.5) is 0 Å². The zero-order chi connectivity index (χ0) is 10.2. The van der Waals surface area contributed by atoms with Gasteiger partial charge >= 0.3 is 0 Å². The SMILES string of the molecule is CCCCCC(C)(C)CNCCO. The van der Waals surface area contributed by atoms with E-state index in [2.05, 4.69) is 26.1 Å². The van der Waals surface area contributed by atoms with Crippen molar-refractivity contribution in [2.24, 2.45) is 5.41 Å². The van der Waals surface area contributed by atoms with Crippen molar-refractivity contribution in [3.63, 3.8) is 0 Å². The average molecular weight is 187 g/mol. The second-order valence-corrected chi connectivity index (χ2v) is 4.52. The lowest BCUT2D eigenvalue weighted by molar-refractivity contribution is 0.262. The smallest absolute Gasteiger partial charge is 0.0555 e. The third-order valence-electron chi connectivity index (χ3n) is 2.35. The van der Waals surface area contributed by atoms with E-state index in [4.69, 9.17) is 5.11 Å². The van der Waals surface area contributed by atoms with Crippen LogP contribution in [0.5, 0.6) is 0 Å². The number of hydrogen-bond donors (Lipinski definition) is 2. The van der Waals surface area contributed by atoms with E-state index in [0.29, 0.717) is 5.41 Å². The molecule has 80 valence electrons. The topological polar surface area (TPSA) is 32.3 Å². The van der Waals surface area contributed by atoms with E-state index in [1.807, 2.05) is 0 Å². The molecule has 0 aromatic rings. The fraction of sp³-hybridized carbons (Fsp3) is 1.00. The number of unbranched alkanes of at least 4 members (excludes halogenated alkanes) is 2. The highest BCUT2D eigenvalue weighted by atomic mass is 16.3. The fourth-order valence-electron chi connectivity index (χ4n) is 1.45. The summed E-state index contributed by atoms with van der Waals surface area (Å²) in [5, 5.41) is 11.9. The van der Waals surface area contributed by atoms with E-state index in [9.17, 15) is 0 Å². The maximum atomic E-state index is 8.61. The van der Waals surface area contributed by atoms with Crippen molar-refractivity contribution >= 4 is 0 Å². The maximum Gasteiger partial charge on any atom is 0.0555 e. The van der Waals surface area contributed by atoms with Gasteiger partial charge in [0, 0.05) is 13.1 Å². The monoisotopic (exact) mass is 187 g/mol. The van der Waals surface area contributed by atoms with Crippen LogP contribution in [0, 0.1) is 5.41 Å². The second kappa shape index (κ2) is 7.34. The Morgan fingerprint density at radius 1 is 1.23 bits per heavy atom. The molecule has 2 heteroatoms. The molecule has 0 radical (unpaired) electrons. The first-order valence-electron chi connectivity index (χ1n) is 5.44. The molecule has 2 N–H and O–H groups in total. The molecule has 2 nitrogen and oxygen atoms in total. The van der Waals surface area contributed by atoms with Crippen molar-refractivity contribution in [2.75, 3.05) is 19.7 Å². The molecule has 0 aliphatic heterocycles. The summed E-state index contributed by atoms with van der Waals surface area (Å²) in [7, 11) is 0. The van der Waals surface area contributed by atoms with Crippen molar-refractivity contribution in [3.05, 3.63) is 0 Å². The summed E-state index contributed by atoms with van der Waals surface area (Å²) in [5.74, 6) is 0. The Balaban J connectivity index is 3.42. The van der Waals surface area contributed by atoms with Gasteiger partial charge in [-0.15, -0.1) is 0 Å². The Morgan fingerprint density at radius 2 is 1.92 bits per heavy atom. The Labute approximate surface area is 82.7 Å². The molecule has 0 bridgehead atoms. The summed E-state index contributed by atoms with van der Waals surface area (Å²) in [6, 6.07) is 0. The molecule has 0 aromatic carbocycles. The van der Waals surface area contributed by atoms with Crippen molar-refractivity contribution in [3.8, 4) is 0 Å². The zero-order valence-corrected chi connectivity index (χ0v) is 9.40. The lowest BCUT2D eigenvalue weighted by atomic mass is 9.87. The number of nitrogens with one attached hydrogen (secondary N) is 1.